The van der Waals surface area contributed by atoms with E-state index in [0.717, 1.165) is 13.0 Å². The zero-order chi connectivity index (χ0) is 8.85. The maximum absolute atomic E-state index is 11.2. The van der Waals surface area contributed by atoms with Crippen molar-refractivity contribution < 1.29 is 4.79 Å². The topological polar surface area (TPSA) is 20.3 Å². The zero-order valence-electron chi connectivity index (χ0n) is 7.43. The number of nitrogens with zero attached hydrogens (tertiary/aromatic N) is 1. The van der Waals surface area contributed by atoms with Gasteiger partial charge >= 0.3 is 0 Å². The molecule has 66 valence electrons. The lowest BCUT2D eigenvalue weighted by Crippen LogP contribution is -2.38. The maximum atomic E-state index is 11.2. The van der Waals surface area contributed by atoms with Crippen molar-refractivity contribution >= 4 is 21.8 Å². The monoisotopic (exact) mass is 221 g/mol. The highest BCUT2D eigenvalue weighted by Gasteiger charge is 2.13. The zero-order valence-corrected chi connectivity index (χ0v) is 9.02. The van der Waals surface area contributed by atoms with Crippen LogP contribution in [-0.2, 0) is 4.79 Å². The van der Waals surface area contributed by atoms with Crippen molar-refractivity contribution in [2.75, 3.05) is 11.9 Å². The highest BCUT2D eigenvalue weighted by Crippen LogP contribution is 2.01. The van der Waals surface area contributed by atoms with Crippen LogP contribution in [0.1, 0.15) is 27.2 Å². The number of halogens is 1. The number of carbonyl (C=O) groups is 1. The molecule has 0 aliphatic heterocycles. The summed E-state index contributed by atoms with van der Waals surface area (Å²) in [7, 11) is 0. The Morgan fingerprint density at radius 1 is 1.55 bits per heavy atom. The first-order valence-corrected chi connectivity index (χ1v) is 5.11. The van der Waals surface area contributed by atoms with Crippen LogP contribution in [0.25, 0.3) is 0 Å². The van der Waals surface area contributed by atoms with Gasteiger partial charge < -0.3 is 4.90 Å². The van der Waals surface area contributed by atoms with E-state index in [1.807, 2.05) is 18.7 Å². The Kier molecular flexibility index (Phi) is 5.56. The first-order chi connectivity index (χ1) is 5.13. The molecule has 0 rings (SSSR count). The maximum Gasteiger partial charge on any atom is 0.233 e. The van der Waals surface area contributed by atoms with E-state index in [-0.39, 0.29) is 5.91 Å². The van der Waals surface area contributed by atoms with Gasteiger partial charge in [-0.2, -0.15) is 0 Å². The number of hydrogen-bond donors (Lipinski definition) is 0. The summed E-state index contributed by atoms with van der Waals surface area (Å²) in [6, 6.07) is 0.319. The van der Waals surface area contributed by atoms with Crippen LogP contribution in [0.3, 0.4) is 0 Å². The molecule has 0 fully saturated rings. The Morgan fingerprint density at radius 2 is 2.09 bits per heavy atom. The fourth-order valence-electron chi connectivity index (χ4n) is 0.989. The highest BCUT2D eigenvalue weighted by molar-refractivity contribution is 9.09. The molecule has 0 radical (unpaired) electrons. The van der Waals surface area contributed by atoms with Gasteiger partial charge in [0.2, 0.25) is 5.91 Å². The molecule has 0 bridgehead atoms. The molecule has 2 nitrogen and oxygen atoms in total. The molecule has 0 saturated heterocycles. The van der Waals surface area contributed by atoms with Gasteiger partial charge in [-0.25, -0.2) is 0 Å². The molecular formula is C8H16BrNO. The van der Waals surface area contributed by atoms with Crippen LogP contribution in [-0.4, -0.2) is 28.7 Å². The first-order valence-electron chi connectivity index (χ1n) is 3.98. The molecule has 1 amide bonds. The van der Waals surface area contributed by atoms with E-state index in [4.69, 9.17) is 0 Å². The number of hydrogen-bond acceptors (Lipinski definition) is 1. The molecule has 0 aromatic heterocycles. The van der Waals surface area contributed by atoms with Crippen LogP contribution in [0.15, 0.2) is 0 Å². The second-order valence-corrected chi connectivity index (χ2v) is 3.38. The molecule has 0 N–H and O–H groups in total. The molecule has 0 aromatic rings. The van der Waals surface area contributed by atoms with Gasteiger partial charge in [-0.3, -0.25) is 4.79 Å². The second kappa shape index (κ2) is 5.58. The fourth-order valence-corrected chi connectivity index (χ4v) is 1.31. The van der Waals surface area contributed by atoms with Gasteiger partial charge in [-0.15, -0.1) is 0 Å². The average Bonchev–Trinajstić information content (AvgIpc) is 1.98. The van der Waals surface area contributed by atoms with Crippen LogP contribution in [0.4, 0.5) is 0 Å². The first kappa shape index (κ1) is 11.0. The van der Waals surface area contributed by atoms with Gasteiger partial charge in [0.1, 0.15) is 0 Å². The Bertz CT molecular complexity index is 125. The van der Waals surface area contributed by atoms with Crippen LogP contribution < -0.4 is 0 Å². The molecule has 0 spiro atoms. The van der Waals surface area contributed by atoms with Crippen molar-refractivity contribution in [1.82, 2.24) is 4.90 Å². The van der Waals surface area contributed by atoms with Crippen molar-refractivity contribution in [3.8, 4) is 0 Å². The molecule has 0 atom stereocenters. The van der Waals surface area contributed by atoms with Crippen molar-refractivity contribution in [3.63, 3.8) is 0 Å². The van der Waals surface area contributed by atoms with E-state index in [2.05, 4.69) is 22.9 Å². The van der Waals surface area contributed by atoms with Crippen molar-refractivity contribution in [1.29, 1.82) is 0 Å². The van der Waals surface area contributed by atoms with E-state index >= 15 is 0 Å². The van der Waals surface area contributed by atoms with Gasteiger partial charge in [0.05, 0.1) is 5.33 Å². The SMILES string of the molecule is CCCN(C(=O)CBr)C(C)C. The Balaban J connectivity index is 3.98. The van der Waals surface area contributed by atoms with Gasteiger partial charge in [-0.1, -0.05) is 22.9 Å². The minimum Gasteiger partial charge on any atom is -0.340 e. The average molecular weight is 222 g/mol. The molecule has 0 aliphatic carbocycles. The third-order valence-corrected chi connectivity index (χ3v) is 2.00. The summed E-state index contributed by atoms with van der Waals surface area (Å²) in [4.78, 5) is 13.1. The van der Waals surface area contributed by atoms with Crippen LogP contribution >= 0.6 is 15.9 Å². The van der Waals surface area contributed by atoms with Gasteiger partial charge in [0, 0.05) is 12.6 Å². The normalized spacial score (nSPS) is 10.3. The third kappa shape index (κ3) is 3.75. The smallest absolute Gasteiger partial charge is 0.233 e. The molecule has 0 saturated carbocycles. The van der Waals surface area contributed by atoms with Crippen LogP contribution in [0.5, 0.6) is 0 Å². The summed E-state index contributed by atoms with van der Waals surface area (Å²) >= 11 is 3.16. The second-order valence-electron chi connectivity index (χ2n) is 2.81. The molecule has 0 aliphatic rings. The summed E-state index contributed by atoms with van der Waals surface area (Å²) in [5.74, 6) is 0.182. The standard InChI is InChI=1S/C8H16BrNO/c1-4-5-10(7(2)3)8(11)6-9/h7H,4-6H2,1-3H3. The minimum atomic E-state index is 0.182. The Morgan fingerprint density at radius 3 is 2.36 bits per heavy atom. The lowest BCUT2D eigenvalue weighted by atomic mass is 10.3. The summed E-state index contributed by atoms with van der Waals surface area (Å²) in [6.45, 7) is 7.02. The summed E-state index contributed by atoms with van der Waals surface area (Å²) in [5.41, 5.74) is 0. The molecule has 0 heterocycles. The Labute approximate surface area is 77.1 Å². The largest absolute Gasteiger partial charge is 0.340 e. The van der Waals surface area contributed by atoms with Crippen LogP contribution in [0.2, 0.25) is 0 Å². The van der Waals surface area contributed by atoms with E-state index < -0.39 is 0 Å². The number of alkyl halides is 1. The lowest BCUT2D eigenvalue weighted by Gasteiger charge is -2.25. The minimum absolute atomic E-state index is 0.182. The van der Waals surface area contributed by atoms with Gasteiger partial charge in [0.25, 0.3) is 0 Å². The summed E-state index contributed by atoms with van der Waals surface area (Å²) < 4.78 is 0. The molecule has 0 unspecified atom stereocenters. The predicted molar refractivity (Wildman–Crippen MR) is 50.9 cm³/mol. The highest BCUT2D eigenvalue weighted by atomic mass is 79.9. The summed E-state index contributed by atoms with van der Waals surface area (Å²) in [5, 5.41) is 0.436. The van der Waals surface area contributed by atoms with Crippen LogP contribution in [0, 0.1) is 0 Å². The van der Waals surface area contributed by atoms with E-state index in [1.54, 1.807) is 0 Å². The van der Waals surface area contributed by atoms with E-state index in [1.165, 1.54) is 0 Å². The third-order valence-electron chi connectivity index (χ3n) is 1.52. The van der Waals surface area contributed by atoms with Gasteiger partial charge in [-0.05, 0) is 20.3 Å². The van der Waals surface area contributed by atoms with Gasteiger partial charge in [0.15, 0.2) is 0 Å². The van der Waals surface area contributed by atoms with Crippen molar-refractivity contribution in [2.45, 2.75) is 33.2 Å². The quantitative estimate of drug-likeness (QED) is 0.666. The molecular weight excluding hydrogens is 206 g/mol. The fraction of sp³-hybridized carbons (Fsp3) is 0.875. The molecule has 11 heavy (non-hydrogen) atoms. The van der Waals surface area contributed by atoms with Crippen molar-refractivity contribution in [2.24, 2.45) is 0 Å². The van der Waals surface area contributed by atoms with E-state index in [9.17, 15) is 4.79 Å². The Hall–Kier alpha value is -0.0500. The lowest BCUT2D eigenvalue weighted by molar-refractivity contribution is -0.129. The number of rotatable bonds is 4. The summed E-state index contributed by atoms with van der Waals surface area (Å²) in [6.07, 6.45) is 1.02. The molecule has 3 heteroatoms. The predicted octanol–water partition coefficient (Wildman–Crippen LogP) is 2.03. The van der Waals surface area contributed by atoms with E-state index in [0.29, 0.717) is 11.4 Å². The van der Waals surface area contributed by atoms with Crippen molar-refractivity contribution in [3.05, 3.63) is 0 Å². The number of carbonyl (C=O) groups excluding carboxylic acids is 1. The molecule has 0 aromatic carbocycles. The number of amides is 1.